The maximum Gasteiger partial charge on any atom is 0.222 e. The largest absolute Gasteiger partial charge is 0.345 e. The lowest BCUT2D eigenvalue weighted by atomic mass is 10.1. The lowest BCUT2D eigenvalue weighted by molar-refractivity contribution is -0.129. The van der Waals surface area contributed by atoms with Crippen LogP contribution in [0.15, 0.2) is 17.9 Å². The third-order valence-electron chi connectivity index (χ3n) is 3.36. The van der Waals surface area contributed by atoms with E-state index in [0.717, 1.165) is 37.1 Å². The minimum absolute atomic E-state index is 0.204. The Bertz CT molecular complexity index is 535. The molecule has 5 nitrogen and oxygen atoms in total. The second-order valence-electron chi connectivity index (χ2n) is 4.89. The predicted molar refractivity (Wildman–Crippen MR) is 79.7 cm³/mol. The van der Waals surface area contributed by atoms with E-state index in [2.05, 4.69) is 15.2 Å². The highest BCUT2D eigenvalue weighted by Gasteiger charge is 2.10. The van der Waals surface area contributed by atoms with Gasteiger partial charge in [0.2, 0.25) is 5.91 Å². The molecule has 20 heavy (non-hydrogen) atoms. The van der Waals surface area contributed by atoms with Gasteiger partial charge in [-0.15, -0.1) is 11.3 Å². The van der Waals surface area contributed by atoms with Gasteiger partial charge in [0, 0.05) is 37.5 Å². The molecule has 2 heterocycles. The molecule has 0 aliphatic heterocycles. The van der Waals surface area contributed by atoms with Crippen LogP contribution in [0.2, 0.25) is 0 Å². The molecule has 0 atom stereocenters. The SMILES string of the molecule is Cc1ncsc1CCN(C)C(=O)CCCc1cn[nH]c1. The van der Waals surface area contributed by atoms with Crippen LogP contribution in [0, 0.1) is 6.92 Å². The Labute approximate surface area is 123 Å². The van der Waals surface area contributed by atoms with Gasteiger partial charge in [0.15, 0.2) is 0 Å². The summed E-state index contributed by atoms with van der Waals surface area (Å²) in [4.78, 5) is 19.3. The Hall–Kier alpha value is -1.69. The highest BCUT2D eigenvalue weighted by molar-refractivity contribution is 7.09. The zero-order valence-electron chi connectivity index (χ0n) is 11.9. The second-order valence-corrected chi connectivity index (χ2v) is 5.83. The van der Waals surface area contributed by atoms with Crippen LogP contribution in [0.4, 0.5) is 0 Å². The average Bonchev–Trinajstić information content (AvgIpc) is 3.07. The van der Waals surface area contributed by atoms with Crippen LogP contribution in [-0.2, 0) is 17.6 Å². The Morgan fingerprint density at radius 1 is 1.45 bits per heavy atom. The normalized spacial score (nSPS) is 10.7. The highest BCUT2D eigenvalue weighted by Crippen LogP contribution is 2.13. The number of hydrogen-bond acceptors (Lipinski definition) is 4. The van der Waals surface area contributed by atoms with E-state index in [0.29, 0.717) is 6.42 Å². The summed E-state index contributed by atoms with van der Waals surface area (Å²) in [6.45, 7) is 2.77. The Balaban J connectivity index is 1.68. The quantitative estimate of drug-likeness (QED) is 0.851. The Kier molecular flexibility index (Phi) is 5.29. The molecule has 1 N–H and O–H groups in total. The van der Waals surface area contributed by atoms with Crippen LogP contribution in [0.5, 0.6) is 0 Å². The fourth-order valence-corrected chi connectivity index (χ4v) is 2.78. The van der Waals surface area contributed by atoms with Crippen LogP contribution in [0.3, 0.4) is 0 Å². The number of aromatic amines is 1. The maximum atomic E-state index is 12.0. The molecule has 108 valence electrons. The standard InChI is InChI=1S/C14H20N4OS/c1-11-13(20-10-15-11)6-7-18(2)14(19)5-3-4-12-8-16-17-9-12/h8-10H,3-7H2,1-2H3,(H,16,17). The second kappa shape index (κ2) is 7.19. The zero-order valence-corrected chi connectivity index (χ0v) is 12.7. The molecule has 2 aromatic heterocycles. The molecule has 0 fully saturated rings. The molecule has 2 rings (SSSR count). The fraction of sp³-hybridized carbons (Fsp3) is 0.500. The van der Waals surface area contributed by atoms with Crippen molar-refractivity contribution in [1.82, 2.24) is 20.1 Å². The van der Waals surface area contributed by atoms with Gasteiger partial charge >= 0.3 is 0 Å². The molecular weight excluding hydrogens is 272 g/mol. The van der Waals surface area contributed by atoms with Crippen molar-refractivity contribution in [2.75, 3.05) is 13.6 Å². The van der Waals surface area contributed by atoms with Gasteiger partial charge in [-0.3, -0.25) is 9.89 Å². The molecule has 0 unspecified atom stereocenters. The first-order valence-electron chi connectivity index (χ1n) is 6.77. The molecule has 0 bridgehead atoms. The van der Waals surface area contributed by atoms with Gasteiger partial charge in [0.05, 0.1) is 17.4 Å². The molecule has 6 heteroatoms. The fourth-order valence-electron chi connectivity index (χ4n) is 2.01. The summed E-state index contributed by atoms with van der Waals surface area (Å²) in [7, 11) is 1.87. The molecular formula is C14H20N4OS. The number of thiazole rings is 1. The van der Waals surface area contributed by atoms with Crippen LogP contribution >= 0.6 is 11.3 Å². The van der Waals surface area contributed by atoms with Crippen molar-refractivity contribution in [3.8, 4) is 0 Å². The molecule has 1 amide bonds. The number of rotatable bonds is 7. The number of hydrogen-bond donors (Lipinski definition) is 1. The van der Waals surface area contributed by atoms with E-state index >= 15 is 0 Å². The number of aromatic nitrogens is 3. The minimum Gasteiger partial charge on any atom is -0.345 e. The monoisotopic (exact) mass is 292 g/mol. The van der Waals surface area contributed by atoms with Crippen LogP contribution in [0.25, 0.3) is 0 Å². The maximum absolute atomic E-state index is 12.0. The van der Waals surface area contributed by atoms with Gasteiger partial charge in [0.25, 0.3) is 0 Å². The summed E-state index contributed by atoms with van der Waals surface area (Å²) < 4.78 is 0. The van der Waals surface area contributed by atoms with Crippen molar-refractivity contribution < 1.29 is 4.79 Å². The van der Waals surface area contributed by atoms with Gasteiger partial charge in [0.1, 0.15) is 0 Å². The molecule has 0 aromatic carbocycles. The number of amides is 1. The first-order chi connectivity index (χ1) is 9.66. The summed E-state index contributed by atoms with van der Waals surface area (Å²) in [6.07, 6.45) is 6.91. The average molecular weight is 292 g/mol. The Morgan fingerprint density at radius 3 is 2.95 bits per heavy atom. The predicted octanol–water partition coefficient (Wildman–Crippen LogP) is 2.20. The van der Waals surface area contributed by atoms with E-state index in [-0.39, 0.29) is 5.91 Å². The molecule has 0 aliphatic carbocycles. The van der Waals surface area contributed by atoms with Crippen LogP contribution in [-0.4, -0.2) is 39.6 Å². The molecule has 0 radical (unpaired) electrons. The number of likely N-dealkylation sites (N-methyl/N-ethyl adjacent to an activating group) is 1. The lowest BCUT2D eigenvalue weighted by Crippen LogP contribution is -2.28. The molecule has 0 saturated carbocycles. The van der Waals surface area contributed by atoms with E-state index in [9.17, 15) is 4.79 Å². The van der Waals surface area contributed by atoms with Crippen molar-refractivity contribution in [1.29, 1.82) is 0 Å². The van der Waals surface area contributed by atoms with E-state index in [1.54, 1.807) is 17.5 Å². The van der Waals surface area contributed by atoms with Crippen molar-refractivity contribution in [3.05, 3.63) is 34.0 Å². The molecule has 2 aromatic rings. The van der Waals surface area contributed by atoms with Gasteiger partial charge in [-0.05, 0) is 25.3 Å². The number of aryl methyl sites for hydroxylation is 2. The summed E-state index contributed by atoms with van der Waals surface area (Å²) in [5.41, 5.74) is 4.09. The van der Waals surface area contributed by atoms with Crippen molar-refractivity contribution >= 4 is 17.2 Å². The van der Waals surface area contributed by atoms with E-state index in [1.165, 1.54) is 4.88 Å². The highest BCUT2D eigenvalue weighted by atomic mass is 32.1. The number of carbonyl (C=O) groups excluding carboxylic acids is 1. The summed E-state index contributed by atoms with van der Waals surface area (Å²) in [5.74, 6) is 0.204. The van der Waals surface area contributed by atoms with E-state index in [1.807, 2.05) is 30.6 Å². The number of H-pyrrole nitrogens is 1. The van der Waals surface area contributed by atoms with E-state index < -0.39 is 0 Å². The van der Waals surface area contributed by atoms with Crippen molar-refractivity contribution in [2.24, 2.45) is 0 Å². The molecule has 0 saturated heterocycles. The molecule has 0 aliphatic rings. The van der Waals surface area contributed by atoms with Crippen LogP contribution < -0.4 is 0 Å². The third-order valence-corrected chi connectivity index (χ3v) is 4.35. The first-order valence-corrected chi connectivity index (χ1v) is 7.65. The summed E-state index contributed by atoms with van der Waals surface area (Å²) in [5, 5.41) is 6.68. The number of nitrogens with zero attached hydrogens (tertiary/aromatic N) is 3. The molecule has 0 spiro atoms. The number of carbonyl (C=O) groups is 1. The van der Waals surface area contributed by atoms with Crippen molar-refractivity contribution in [3.63, 3.8) is 0 Å². The third kappa shape index (κ3) is 4.16. The zero-order chi connectivity index (χ0) is 14.4. The van der Waals surface area contributed by atoms with Gasteiger partial charge < -0.3 is 4.90 Å². The lowest BCUT2D eigenvalue weighted by Gasteiger charge is -2.16. The summed E-state index contributed by atoms with van der Waals surface area (Å²) in [6, 6.07) is 0. The first kappa shape index (κ1) is 14.7. The number of nitrogens with one attached hydrogen (secondary N) is 1. The van der Waals surface area contributed by atoms with Gasteiger partial charge in [-0.25, -0.2) is 4.98 Å². The van der Waals surface area contributed by atoms with Gasteiger partial charge in [-0.1, -0.05) is 0 Å². The topological polar surface area (TPSA) is 61.9 Å². The Morgan fingerprint density at radius 2 is 2.30 bits per heavy atom. The minimum atomic E-state index is 0.204. The van der Waals surface area contributed by atoms with E-state index in [4.69, 9.17) is 0 Å². The van der Waals surface area contributed by atoms with Gasteiger partial charge in [-0.2, -0.15) is 5.10 Å². The summed E-state index contributed by atoms with van der Waals surface area (Å²) >= 11 is 1.66. The van der Waals surface area contributed by atoms with Crippen LogP contribution in [0.1, 0.15) is 29.0 Å². The smallest absolute Gasteiger partial charge is 0.222 e. The van der Waals surface area contributed by atoms with Crippen molar-refractivity contribution in [2.45, 2.75) is 32.6 Å².